The smallest absolute Gasteiger partial charge is 0.0652 e. The zero-order chi connectivity index (χ0) is 12.6. The first-order valence-electron chi connectivity index (χ1n) is 7.19. The van der Waals surface area contributed by atoms with Crippen molar-refractivity contribution >= 4 is 0 Å². The fraction of sp³-hybridized carbons (Fsp3) is 0.625. The van der Waals surface area contributed by atoms with E-state index in [4.69, 9.17) is 10.5 Å². The van der Waals surface area contributed by atoms with Gasteiger partial charge < -0.3 is 10.5 Å². The van der Waals surface area contributed by atoms with Crippen LogP contribution in [-0.4, -0.2) is 18.8 Å². The SMILES string of the molecule is CCc1ccc(CC2(CN)CC3CCC2O3)cc1. The molecule has 0 radical (unpaired) electrons. The summed E-state index contributed by atoms with van der Waals surface area (Å²) in [4.78, 5) is 0. The minimum atomic E-state index is 0.205. The molecule has 3 unspecified atom stereocenters. The van der Waals surface area contributed by atoms with Gasteiger partial charge in [-0.05, 0) is 43.2 Å². The molecular weight excluding hydrogens is 222 g/mol. The number of rotatable bonds is 4. The lowest BCUT2D eigenvalue weighted by Gasteiger charge is -2.34. The highest BCUT2D eigenvalue weighted by atomic mass is 16.5. The predicted octanol–water partition coefficient (Wildman–Crippen LogP) is 2.69. The van der Waals surface area contributed by atoms with Gasteiger partial charge in [-0.25, -0.2) is 0 Å². The molecular formula is C16H23NO. The Morgan fingerprint density at radius 1 is 1.22 bits per heavy atom. The second-order valence-electron chi connectivity index (χ2n) is 5.94. The molecule has 2 fully saturated rings. The highest BCUT2D eigenvalue weighted by Crippen LogP contribution is 2.48. The first kappa shape index (κ1) is 12.2. The summed E-state index contributed by atoms with van der Waals surface area (Å²) in [6.07, 6.45) is 6.66. The van der Waals surface area contributed by atoms with Gasteiger partial charge in [-0.1, -0.05) is 31.2 Å². The molecule has 98 valence electrons. The summed E-state index contributed by atoms with van der Waals surface area (Å²) in [7, 11) is 0. The second-order valence-corrected chi connectivity index (χ2v) is 5.94. The third-order valence-electron chi connectivity index (χ3n) is 4.82. The van der Waals surface area contributed by atoms with E-state index in [2.05, 4.69) is 31.2 Å². The minimum Gasteiger partial charge on any atom is -0.374 e. The van der Waals surface area contributed by atoms with Gasteiger partial charge in [-0.3, -0.25) is 0 Å². The van der Waals surface area contributed by atoms with Crippen molar-refractivity contribution in [3.63, 3.8) is 0 Å². The number of aryl methyl sites for hydroxylation is 1. The van der Waals surface area contributed by atoms with Crippen LogP contribution in [0.4, 0.5) is 0 Å². The molecule has 0 spiro atoms. The molecule has 2 aliphatic rings. The van der Waals surface area contributed by atoms with E-state index < -0.39 is 0 Å². The maximum absolute atomic E-state index is 6.08. The first-order chi connectivity index (χ1) is 8.75. The average Bonchev–Trinajstić information content (AvgIpc) is 3.00. The Labute approximate surface area is 110 Å². The van der Waals surface area contributed by atoms with Crippen molar-refractivity contribution in [2.45, 2.75) is 51.2 Å². The van der Waals surface area contributed by atoms with E-state index in [0.717, 1.165) is 25.8 Å². The topological polar surface area (TPSA) is 35.2 Å². The maximum atomic E-state index is 6.08. The van der Waals surface area contributed by atoms with E-state index in [0.29, 0.717) is 12.2 Å². The molecule has 0 aliphatic carbocycles. The summed E-state index contributed by atoms with van der Waals surface area (Å²) in [5.74, 6) is 0. The fourth-order valence-electron chi connectivity index (χ4n) is 3.66. The molecule has 2 aliphatic heterocycles. The molecule has 0 aromatic heterocycles. The third kappa shape index (κ3) is 1.98. The lowest BCUT2D eigenvalue weighted by molar-refractivity contribution is 0.0636. The fourth-order valence-corrected chi connectivity index (χ4v) is 3.66. The number of hydrogen-bond acceptors (Lipinski definition) is 2. The van der Waals surface area contributed by atoms with Gasteiger partial charge in [0, 0.05) is 12.0 Å². The molecule has 3 atom stereocenters. The number of fused-ring (bicyclic) bond motifs is 2. The van der Waals surface area contributed by atoms with Crippen LogP contribution < -0.4 is 5.73 Å². The average molecular weight is 245 g/mol. The number of ether oxygens (including phenoxy) is 1. The van der Waals surface area contributed by atoms with Crippen LogP contribution in [0.25, 0.3) is 0 Å². The first-order valence-corrected chi connectivity index (χ1v) is 7.19. The summed E-state index contributed by atoms with van der Waals surface area (Å²) in [6.45, 7) is 2.95. The van der Waals surface area contributed by atoms with Crippen molar-refractivity contribution in [1.82, 2.24) is 0 Å². The highest BCUT2D eigenvalue weighted by molar-refractivity contribution is 5.24. The molecule has 2 N–H and O–H groups in total. The van der Waals surface area contributed by atoms with E-state index in [1.54, 1.807) is 0 Å². The van der Waals surface area contributed by atoms with E-state index in [-0.39, 0.29) is 5.41 Å². The number of benzene rings is 1. The quantitative estimate of drug-likeness (QED) is 0.885. The molecule has 18 heavy (non-hydrogen) atoms. The van der Waals surface area contributed by atoms with Crippen LogP contribution in [0.3, 0.4) is 0 Å². The molecule has 2 heterocycles. The summed E-state index contributed by atoms with van der Waals surface area (Å²) in [5.41, 5.74) is 9.10. The largest absolute Gasteiger partial charge is 0.374 e. The Bertz CT molecular complexity index is 414. The van der Waals surface area contributed by atoms with Crippen molar-refractivity contribution < 1.29 is 4.74 Å². The van der Waals surface area contributed by atoms with Gasteiger partial charge in [-0.15, -0.1) is 0 Å². The van der Waals surface area contributed by atoms with Crippen molar-refractivity contribution in [3.05, 3.63) is 35.4 Å². The molecule has 2 heteroatoms. The van der Waals surface area contributed by atoms with Crippen LogP contribution in [0.5, 0.6) is 0 Å². The third-order valence-corrected chi connectivity index (χ3v) is 4.82. The number of nitrogens with two attached hydrogens (primary N) is 1. The molecule has 2 saturated heterocycles. The molecule has 0 amide bonds. The lowest BCUT2D eigenvalue weighted by Crippen LogP contribution is -2.41. The van der Waals surface area contributed by atoms with Crippen LogP contribution in [0.15, 0.2) is 24.3 Å². The predicted molar refractivity (Wildman–Crippen MR) is 73.5 cm³/mol. The van der Waals surface area contributed by atoms with Crippen LogP contribution in [0.2, 0.25) is 0 Å². The Morgan fingerprint density at radius 3 is 2.44 bits per heavy atom. The standard InChI is InChI=1S/C16H23NO/c1-2-12-3-5-13(6-4-12)9-16(11-17)10-14-7-8-15(16)18-14/h3-6,14-15H,2,7-11,17H2,1H3. The Balaban J connectivity index is 1.77. The van der Waals surface area contributed by atoms with Crippen molar-refractivity contribution in [2.75, 3.05) is 6.54 Å². The summed E-state index contributed by atoms with van der Waals surface area (Å²) >= 11 is 0. The van der Waals surface area contributed by atoms with Crippen LogP contribution in [0, 0.1) is 5.41 Å². The van der Waals surface area contributed by atoms with Crippen molar-refractivity contribution in [2.24, 2.45) is 11.1 Å². The van der Waals surface area contributed by atoms with Crippen LogP contribution in [-0.2, 0) is 17.6 Å². The molecule has 0 saturated carbocycles. The zero-order valence-corrected chi connectivity index (χ0v) is 11.2. The molecule has 2 bridgehead atoms. The normalized spacial score (nSPS) is 34.1. The van der Waals surface area contributed by atoms with E-state index in [9.17, 15) is 0 Å². The van der Waals surface area contributed by atoms with Gasteiger partial charge in [-0.2, -0.15) is 0 Å². The summed E-state index contributed by atoms with van der Waals surface area (Å²) < 4.78 is 6.02. The Morgan fingerprint density at radius 2 is 1.94 bits per heavy atom. The van der Waals surface area contributed by atoms with Gasteiger partial charge >= 0.3 is 0 Å². The number of hydrogen-bond donors (Lipinski definition) is 1. The van der Waals surface area contributed by atoms with Crippen molar-refractivity contribution in [3.8, 4) is 0 Å². The van der Waals surface area contributed by atoms with Gasteiger partial charge in [0.25, 0.3) is 0 Å². The van der Waals surface area contributed by atoms with Gasteiger partial charge in [0.2, 0.25) is 0 Å². The van der Waals surface area contributed by atoms with Gasteiger partial charge in [0.1, 0.15) is 0 Å². The molecule has 1 aromatic rings. The van der Waals surface area contributed by atoms with E-state index >= 15 is 0 Å². The zero-order valence-electron chi connectivity index (χ0n) is 11.2. The second kappa shape index (κ2) is 4.67. The summed E-state index contributed by atoms with van der Waals surface area (Å²) in [5, 5.41) is 0. The van der Waals surface area contributed by atoms with E-state index in [1.807, 2.05) is 0 Å². The van der Waals surface area contributed by atoms with Gasteiger partial charge in [0.05, 0.1) is 12.2 Å². The maximum Gasteiger partial charge on any atom is 0.0652 e. The molecule has 3 rings (SSSR count). The van der Waals surface area contributed by atoms with Gasteiger partial charge in [0.15, 0.2) is 0 Å². The highest BCUT2D eigenvalue weighted by Gasteiger charge is 2.51. The van der Waals surface area contributed by atoms with Crippen LogP contribution >= 0.6 is 0 Å². The Kier molecular flexibility index (Phi) is 3.16. The minimum absolute atomic E-state index is 0.205. The molecule has 2 nitrogen and oxygen atoms in total. The lowest BCUT2D eigenvalue weighted by atomic mass is 9.70. The van der Waals surface area contributed by atoms with Crippen LogP contribution in [0.1, 0.15) is 37.3 Å². The summed E-state index contributed by atoms with van der Waals surface area (Å²) in [6, 6.07) is 9.02. The molecule has 1 aromatic carbocycles. The van der Waals surface area contributed by atoms with Crippen molar-refractivity contribution in [1.29, 1.82) is 0 Å². The monoisotopic (exact) mass is 245 g/mol. The Hall–Kier alpha value is -0.860. The van der Waals surface area contributed by atoms with E-state index in [1.165, 1.54) is 24.0 Å².